The van der Waals surface area contributed by atoms with Crippen LogP contribution in [0.3, 0.4) is 0 Å². The maximum Gasteiger partial charge on any atom is 0.255 e. The van der Waals surface area contributed by atoms with Crippen molar-refractivity contribution in [1.82, 2.24) is 9.88 Å². The van der Waals surface area contributed by atoms with Crippen LogP contribution in [-0.4, -0.2) is 28.9 Å². The van der Waals surface area contributed by atoms with E-state index in [4.69, 9.17) is 0 Å². The fourth-order valence-corrected chi connectivity index (χ4v) is 3.60. The Labute approximate surface area is 127 Å². The number of nitrogens with one attached hydrogen (secondary N) is 1. The lowest BCUT2D eigenvalue weighted by Crippen LogP contribution is -2.39. The Hall–Kier alpha value is -1.88. The van der Waals surface area contributed by atoms with Gasteiger partial charge in [0.15, 0.2) is 0 Å². The molecule has 0 bridgehead atoms. The Kier molecular flexibility index (Phi) is 4.20. The van der Waals surface area contributed by atoms with Gasteiger partial charge in [0.05, 0.1) is 5.56 Å². The third-order valence-electron chi connectivity index (χ3n) is 4.00. The van der Waals surface area contributed by atoms with Crippen LogP contribution in [0.15, 0.2) is 40.6 Å². The smallest absolute Gasteiger partial charge is 0.255 e. The van der Waals surface area contributed by atoms with Gasteiger partial charge in [0, 0.05) is 30.2 Å². The zero-order valence-corrected chi connectivity index (χ0v) is 12.6. The minimum Gasteiger partial charge on any atom is -0.339 e. The summed E-state index contributed by atoms with van der Waals surface area (Å²) in [5.41, 5.74) is 0.382. The highest BCUT2D eigenvalue weighted by atomic mass is 32.1. The molecule has 3 heterocycles. The fourth-order valence-electron chi connectivity index (χ4n) is 2.78. The molecule has 4 nitrogen and oxygen atoms in total. The molecule has 1 N–H and O–H groups in total. The number of aromatic nitrogens is 1. The van der Waals surface area contributed by atoms with E-state index in [0.717, 1.165) is 32.4 Å². The number of piperidine rings is 1. The highest BCUT2D eigenvalue weighted by Gasteiger charge is 2.23. The van der Waals surface area contributed by atoms with Crippen molar-refractivity contribution < 1.29 is 4.79 Å². The summed E-state index contributed by atoms with van der Waals surface area (Å²) in [6, 6.07) is 7.27. The predicted molar refractivity (Wildman–Crippen MR) is 83.7 cm³/mol. The first-order valence-corrected chi connectivity index (χ1v) is 8.11. The minimum atomic E-state index is -0.179. The number of H-pyrrole nitrogens is 1. The second-order valence-corrected chi connectivity index (χ2v) is 6.49. The van der Waals surface area contributed by atoms with Crippen molar-refractivity contribution in [2.24, 2.45) is 5.92 Å². The van der Waals surface area contributed by atoms with Gasteiger partial charge in [-0.1, -0.05) is 6.07 Å². The molecule has 0 aliphatic carbocycles. The van der Waals surface area contributed by atoms with Gasteiger partial charge in [-0.15, -0.1) is 11.3 Å². The molecule has 0 spiro atoms. The first kappa shape index (κ1) is 14.1. The molecule has 0 saturated carbocycles. The molecule has 5 heteroatoms. The topological polar surface area (TPSA) is 53.2 Å². The molecule has 1 amide bonds. The lowest BCUT2D eigenvalue weighted by atomic mass is 9.92. The van der Waals surface area contributed by atoms with E-state index >= 15 is 0 Å². The second-order valence-electron chi connectivity index (χ2n) is 5.46. The summed E-state index contributed by atoms with van der Waals surface area (Å²) in [7, 11) is 0. The van der Waals surface area contributed by atoms with Crippen molar-refractivity contribution in [2.75, 3.05) is 13.1 Å². The van der Waals surface area contributed by atoms with E-state index in [0.29, 0.717) is 11.5 Å². The maximum absolute atomic E-state index is 12.3. The molecule has 0 radical (unpaired) electrons. The lowest BCUT2D eigenvalue weighted by Gasteiger charge is -2.31. The van der Waals surface area contributed by atoms with Crippen LogP contribution < -0.4 is 5.56 Å². The van der Waals surface area contributed by atoms with Crippen molar-refractivity contribution in [3.05, 3.63) is 56.6 Å². The molecule has 2 aromatic rings. The van der Waals surface area contributed by atoms with Crippen molar-refractivity contribution >= 4 is 17.2 Å². The zero-order chi connectivity index (χ0) is 14.7. The molecule has 0 unspecified atom stereocenters. The standard InChI is InChI=1S/C16H18N2O2S/c19-15-4-3-13(11-17-15)16(20)18-7-5-12(6-8-18)10-14-2-1-9-21-14/h1-4,9,11-12H,5-8,10H2,(H,17,19). The number of likely N-dealkylation sites (tertiary alicyclic amines) is 1. The fraction of sp³-hybridized carbons (Fsp3) is 0.375. The highest BCUT2D eigenvalue weighted by molar-refractivity contribution is 7.09. The Morgan fingerprint density at radius 2 is 2.10 bits per heavy atom. The molecule has 1 fully saturated rings. The second kappa shape index (κ2) is 6.26. The predicted octanol–water partition coefficient (Wildman–Crippen LogP) is 2.53. The number of rotatable bonds is 3. The van der Waals surface area contributed by atoms with Crippen LogP contribution >= 0.6 is 11.3 Å². The SMILES string of the molecule is O=C(c1ccc(=O)[nH]c1)N1CCC(Cc2cccs2)CC1. The van der Waals surface area contributed by atoms with E-state index in [2.05, 4.69) is 22.5 Å². The Morgan fingerprint density at radius 1 is 1.29 bits per heavy atom. The Bertz CT molecular complexity index is 635. The van der Waals surface area contributed by atoms with Crippen molar-refractivity contribution in [2.45, 2.75) is 19.3 Å². The molecule has 1 aliphatic heterocycles. The molecular formula is C16H18N2O2S. The van der Waals surface area contributed by atoms with Crippen LogP contribution in [0.5, 0.6) is 0 Å². The lowest BCUT2D eigenvalue weighted by molar-refractivity contribution is 0.0690. The van der Waals surface area contributed by atoms with Gasteiger partial charge in [0.2, 0.25) is 5.56 Å². The number of carbonyl (C=O) groups is 1. The molecule has 21 heavy (non-hydrogen) atoms. The first-order valence-electron chi connectivity index (χ1n) is 7.23. The van der Waals surface area contributed by atoms with Gasteiger partial charge in [-0.25, -0.2) is 0 Å². The number of amides is 1. The van der Waals surface area contributed by atoms with Crippen LogP contribution in [0.1, 0.15) is 28.1 Å². The van der Waals surface area contributed by atoms with Gasteiger partial charge in [-0.05, 0) is 42.7 Å². The third kappa shape index (κ3) is 3.42. The molecule has 0 atom stereocenters. The summed E-state index contributed by atoms with van der Waals surface area (Å²) in [4.78, 5) is 29.3. The van der Waals surface area contributed by atoms with Crippen LogP contribution in [0.25, 0.3) is 0 Å². The van der Waals surface area contributed by atoms with Crippen LogP contribution in [0, 0.1) is 5.92 Å². The number of carbonyl (C=O) groups excluding carboxylic acids is 1. The van der Waals surface area contributed by atoms with E-state index < -0.39 is 0 Å². The number of pyridine rings is 1. The van der Waals surface area contributed by atoms with Gasteiger partial charge in [-0.2, -0.15) is 0 Å². The number of thiophene rings is 1. The molecule has 2 aromatic heterocycles. The molecular weight excluding hydrogens is 284 g/mol. The van der Waals surface area contributed by atoms with E-state index in [9.17, 15) is 9.59 Å². The molecule has 1 saturated heterocycles. The quantitative estimate of drug-likeness (QED) is 0.947. The summed E-state index contributed by atoms with van der Waals surface area (Å²) in [5, 5.41) is 2.12. The third-order valence-corrected chi connectivity index (χ3v) is 4.90. The summed E-state index contributed by atoms with van der Waals surface area (Å²) in [6.45, 7) is 1.60. The van der Waals surface area contributed by atoms with Crippen LogP contribution in [0.4, 0.5) is 0 Å². The summed E-state index contributed by atoms with van der Waals surface area (Å²) >= 11 is 1.81. The number of hydrogen-bond donors (Lipinski definition) is 1. The molecule has 1 aliphatic rings. The largest absolute Gasteiger partial charge is 0.339 e. The monoisotopic (exact) mass is 302 g/mol. The first-order chi connectivity index (χ1) is 10.2. The van der Waals surface area contributed by atoms with Gasteiger partial charge in [0.1, 0.15) is 0 Å². The van der Waals surface area contributed by atoms with E-state index in [1.807, 2.05) is 16.2 Å². The van der Waals surface area contributed by atoms with E-state index in [1.165, 1.54) is 17.1 Å². The Balaban J connectivity index is 1.56. The summed E-state index contributed by atoms with van der Waals surface area (Å²) in [5.74, 6) is 0.684. The zero-order valence-electron chi connectivity index (χ0n) is 11.7. The van der Waals surface area contributed by atoms with Crippen LogP contribution in [0.2, 0.25) is 0 Å². The van der Waals surface area contributed by atoms with Gasteiger partial charge in [-0.3, -0.25) is 9.59 Å². The average molecular weight is 302 g/mol. The molecule has 0 aromatic carbocycles. The number of aromatic amines is 1. The van der Waals surface area contributed by atoms with Crippen molar-refractivity contribution in [3.63, 3.8) is 0 Å². The minimum absolute atomic E-state index is 0.0147. The van der Waals surface area contributed by atoms with Gasteiger partial charge in [0.25, 0.3) is 5.91 Å². The molecule has 3 rings (SSSR count). The molecule has 110 valence electrons. The van der Waals surface area contributed by atoms with Crippen molar-refractivity contribution in [1.29, 1.82) is 0 Å². The maximum atomic E-state index is 12.3. The van der Waals surface area contributed by atoms with Gasteiger partial charge < -0.3 is 9.88 Å². The average Bonchev–Trinajstić information content (AvgIpc) is 3.01. The summed E-state index contributed by atoms with van der Waals surface area (Å²) in [6.07, 6.45) is 4.72. The number of hydrogen-bond acceptors (Lipinski definition) is 3. The van der Waals surface area contributed by atoms with Gasteiger partial charge >= 0.3 is 0 Å². The highest BCUT2D eigenvalue weighted by Crippen LogP contribution is 2.24. The van der Waals surface area contributed by atoms with Crippen molar-refractivity contribution in [3.8, 4) is 0 Å². The summed E-state index contributed by atoms with van der Waals surface area (Å²) < 4.78 is 0. The normalized spacial score (nSPS) is 16.1. The van der Waals surface area contributed by atoms with Crippen LogP contribution in [-0.2, 0) is 6.42 Å². The number of nitrogens with zero attached hydrogens (tertiary/aromatic N) is 1. The van der Waals surface area contributed by atoms with E-state index in [1.54, 1.807) is 6.07 Å². The Morgan fingerprint density at radius 3 is 2.71 bits per heavy atom. The van der Waals surface area contributed by atoms with E-state index in [-0.39, 0.29) is 11.5 Å².